The van der Waals surface area contributed by atoms with E-state index in [1.807, 2.05) is 18.2 Å². The molecule has 0 aromatic carbocycles. The maximum Gasteiger partial charge on any atom is 0.228 e. The Bertz CT molecular complexity index is 1190. The van der Waals surface area contributed by atoms with Crippen LogP contribution in [0.15, 0.2) is 72.9 Å². The van der Waals surface area contributed by atoms with E-state index in [1.54, 1.807) is 6.08 Å². The van der Waals surface area contributed by atoms with Crippen LogP contribution in [0.2, 0.25) is 0 Å². The van der Waals surface area contributed by atoms with Gasteiger partial charge in [0.1, 0.15) is 6.10 Å². The zero-order valence-corrected chi connectivity index (χ0v) is 30.3. The second-order valence-electron chi connectivity index (χ2n) is 12.2. The Morgan fingerprint density at radius 3 is 1.53 bits per heavy atom. The number of hydrogen-bond donors (Lipinski definition) is 2. The van der Waals surface area contributed by atoms with Crippen molar-refractivity contribution >= 4 is 5.78 Å². The molecule has 3 nitrogen and oxygen atoms in total. The summed E-state index contributed by atoms with van der Waals surface area (Å²) in [6.07, 6.45) is 59.1. The molecule has 0 heterocycles. The van der Waals surface area contributed by atoms with Gasteiger partial charge >= 0.3 is 0 Å². The molecule has 0 aliphatic heterocycles. The standard InChI is InChI=1S/C46H64O3/c1-3-44(47)40-36-32-28-24-20-16-12-10-8-6-5-7-9-11-13-18-22-26-30-34-38-42-46(49)43-39-35-31-27-23-19-15-14-17-21-25-29-33-37-41-45(48)4-2/h1-2,13,18,21,23,25,27,30,34,36-37,40-41,44,46-47,49H,5-12,14-17,19-20,22,24,26,28-29,31-33,35H2. The van der Waals surface area contributed by atoms with Crippen molar-refractivity contribution in [3.8, 4) is 48.4 Å². The largest absolute Gasteiger partial charge is 0.377 e. The number of rotatable bonds is 29. The lowest BCUT2D eigenvalue weighted by atomic mass is 10.0. The number of terminal acetylenes is 2. The minimum Gasteiger partial charge on any atom is -0.377 e. The fourth-order valence-electron chi connectivity index (χ4n) is 4.88. The van der Waals surface area contributed by atoms with Crippen molar-refractivity contribution in [3.05, 3.63) is 72.9 Å². The Labute approximate surface area is 301 Å². The Hall–Kier alpha value is -3.73. The molecule has 2 atom stereocenters. The Kier molecular flexibility index (Phi) is 35.8. The van der Waals surface area contributed by atoms with Crippen molar-refractivity contribution in [1.82, 2.24) is 0 Å². The minimum absolute atomic E-state index is 0.274. The first-order valence-corrected chi connectivity index (χ1v) is 18.9. The molecular formula is C46H64O3. The maximum atomic E-state index is 10.9. The van der Waals surface area contributed by atoms with E-state index in [0.29, 0.717) is 0 Å². The number of unbranched alkanes of at least 4 members (excludes halogenated alkanes) is 18. The molecule has 49 heavy (non-hydrogen) atoms. The Morgan fingerprint density at radius 1 is 0.531 bits per heavy atom. The van der Waals surface area contributed by atoms with Crippen LogP contribution in [0.4, 0.5) is 0 Å². The second-order valence-corrected chi connectivity index (χ2v) is 12.2. The lowest BCUT2D eigenvalue weighted by Gasteiger charge is -2.02. The highest BCUT2D eigenvalue weighted by molar-refractivity contribution is 6.03. The molecule has 0 rings (SSSR count). The molecule has 0 spiro atoms. The molecular weight excluding hydrogens is 601 g/mol. The highest BCUT2D eigenvalue weighted by Crippen LogP contribution is 2.13. The fraction of sp³-hybridized carbons (Fsp3) is 0.543. The molecule has 0 fully saturated rings. The summed E-state index contributed by atoms with van der Waals surface area (Å²) in [6.45, 7) is 0. The Balaban J connectivity index is 3.56. The number of carbonyl (C=O) groups excluding carboxylic acids is 1. The van der Waals surface area contributed by atoms with Crippen LogP contribution >= 0.6 is 0 Å². The highest BCUT2D eigenvalue weighted by atomic mass is 16.3. The summed E-state index contributed by atoms with van der Waals surface area (Å²) < 4.78 is 0. The van der Waals surface area contributed by atoms with Gasteiger partial charge in [-0.3, -0.25) is 4.79 Å². The van der Waals surface area contributed by atoms with E-state index < -0.39 is 12.2 Å². The molecule has 0 aliphatic rings. The van der Waals surface area contributed by atoms with E-state index in [-0.39, 0.29) is 5.78 Å². The third kappa shape index (κ3) is 38.6. The predicted octanol–water partition coefficient (Wildman–Crippen LogP) is 10.9. The van der Waals surface area contributed by atoms with Gasteiger partial charge in [0.25, 0.3) is 0 Å². The van der Waals surface area contributed by atoms with Crippen LogP contribution in [0.5, 0.6) is 0 Å². The summed E-state index contributed by atoms with van der Waals surface area (Å²) in [5.74, 6) is 15.6. The monoisotopic (exact) mass is 664 g/mol. The normalized spacial score (nSPS) is 12.8. The third-order valence-corrected chi connectivity index (χ3v) is 7.73. The van der Waals surface area contributed by atoms with Crippen LogP contribution in [0.1, 0.15) is 148 Å². The van der Waals surface area contributed by atoms with Gasteiger partial charge in [-0.15, -0.1) is 12.8 Å². The summed E-state index contributed by atoms with van der Waals surface area (Å²) in [5, 5.41) is 19.2. The molecule has 3 heteroatoms. The zero-order valence-electron chi connectivity index (χ0n) is 30.3. The SMILES string of the molecule is C#CC(=O)C=CCCC=CCCCCC=CCCC#CC(O)C#CC=CCCC=CCCCCCCCCCCCCCC=CC(O)C#C. The van der Waals surface area contributed by atoms with Crippen LogP contribution in [-0.4, -0.2) is 28.2 Å². The topological polar surface area (TPSA) is 57.5 Å². The molecule has 0 bridgehead atoms. The van der Waals surface area contributed by atoms with Crippen LogP contribution in [-0.2, 0) is 4.79 Å². The molecule has 0 saturated heterocycles. The molecule has 0 amide bonds. The molecule has 0 radical (unpaired) electrons. The third-order valence-electron chi connectivity index (χ3n) is 7.73. The van der Waals surface area contributed by atoms with Gasteiger partial charge in [-0.2, -0.15) is 0 Å². The maximum absolute atomic E-state index is 10.9. The smallest absolute Gasteiger partial charge is 0.228 e. The van der Waals surface area contributed by atoms with E-state index in [0.717, 1.165) is 70.6 Å². The number of ketones is 1. The van der Waals surface area contributed by atoms with E-state index in [4.69, 9.17) is 12.8 Å². The molecule has 2 N–H and O–H groups in total. The molecule has 2 unspecified atom stereocenters. The highest BCUT2D eigenvalue weighted by Gasteiger charge is 1.94. The van der Waals surface area contributed by atoms with E-state index in [2.05, 4.69) is 78.1 Å². The van der Waals surface area contributed by atoms with Crippen LogP contribution in [0, 0.1) is 48.4 Å². The fourth-order valence-corrected chi connectivity index (χ4v) is 4.88. The summed E-state index contributed by atoms with van der Waals surface area (Å²) >= 11 is 0. The Morgan fingerprint density at radius 2 is 0.980 bits per heavy atom. The zero-order chi connectivity index (χ0) is 35.7. The lowest BCUT2D eigenvalue weighted by Crippen LogP contribution is -1.96. The van der Waals surface area contributed by atoms with Gasteiger partial charge in [0, 0.05) is 6.42 Å². The summed E-state index contributed by atoms with van der Waals surface area (Å²) in [4.78, 5) is 10.9. The van der Waals surface area contributed by atoms with Gasteiger partial charge in [0.05, 0.1) is 0 Å². The van der Waals surface area contributed by atoms with E-state index in [1.165, 1.54) is 83.1 Å². The molecule has 0 aromatic heterocycles. The number of allylic oxidation sites excluding steroid dienone is 11. The summed E-state index contributed by atoms with van der Waals surface area (Å²) in [7, 11) is 0. The summed E-state index contributed by atoms with van der Waals surface area (Å²) in [5.41, 5.74) is 0. The van der Waals surface area contributed by atoms with Crippen LogP contribution in [0.3, 0.4) is 0 Å². The first kappa shape index (κ1) is 45.3. The van der Waals surface area contributed by atoms with Crippen molar-refractivity contribution in [3.63, 3.8) is 0 Å². The van der Waals surface area contributed by atoms with Gasteiger partial charge < -0.3 is 10.2 Å². The van der Waals surface area contributed by atoms with Crippen LogP contribution < -0.4 is 0 Å². The quantitative estimate of drug-likeness (QED) is 0.0275. The van der Waals surface area contributed by atoms with Crippen LogP contribution in [0.25, 0.3) is 0 Å². The van der Waals surface area contributed by atoms with E-state index in [9.17, 15) is 15.0 Å². The lowest BCUT2D eigenvalue weighted by molar-refractivity contribution is -0.109. The van der Waals surface area contributed by atoms with Crippen molar-refractivity contribution < 1.29 is 15.0 Å². The van der Waals surface area contributed by atoms with Gasteiger partial charge in [0.15, 0.2) is 6.10 Å². The van der Waals surface area contributed by atoms with Gasteiger partial charge in [-0.05, 0) is 108 Å². The molecule has 266 valence electrons. The van der Waals surface area contributed by atoms with Crippen molar-refractivity contribution in [1.29, 1.82) is 0 Å². The molecule has 0 aromatic rings. The number of aliphatic hydroxyl groups excluding tert-OH is 2. The molecule has 0 aliphatic carbocycles. The number of hydrogen-bond acceptors (Lipinski definition) is 3. The number of carbonyl (C=O) groups is 1. The second kappa shape index (κ2) is 38.7. The molecule has 0 saturated carbocycles. The first-order valence-electron chi connectivity index (χ1n) is 18.9. The van der Waals surface area contributed by atoms with Gasteiger partial charge in [0.2, 0.25) is 5.78 Å². The van der Waals surface area contributed by atoms with Gasteiger partial charge in [-0.1, -0.05) is 142 Å². The van der Waals surface area contributed by atoms with Gasteiger partial charge in [-0.25, -0.2) is 0 Å². The van der Waals surface area contributed by atoms with Crippen molar-refractivity contribution in [2.24, 2.45) is 0 Å². The van der Waals surface area contributed by atoms with Crippen molar-refractivity contribution in [2.45, 2.75) is 160 Å². The first-order chi connectivity index (χ1) is 24.1. The average molecular weight is 665 g/mol. The summed E-state index contributed by atoms with van der Waals surface area (Å²) in [6, 6.07) is 0. The van der Waals surface area contributed by atoms with E-state index >= 15 is 0 Å². The minimum atomic E-state index is -0.894. The number of aliphatic hydroxyl groups is 2. The predicted molar refractivity (Wildman–Crippen MR) is 211 cm³/mol. The average Bonchev–Trinajstić information content (AvgIpc) is 3.11. The van der Waals surface area contributed by atoms with Crippen molar-refractivity contribution in [2.75, 3.05) is 0 Å².